The average molecular weight is 294 g/mol. The van der Waals surface area contributed by atoms with Gasteiger partial charge in [0, 0.05) is 22.3 Å². The summed E-state index contributed by atoms with van der Waals surface area (Å²) in [5.74, 6) is 0.684. The van der Waals surface area contributed by atoms with E-state index in [0.717, 1.165) is 5.69 Å². The number of thioether (sulfide) groups is 1. The minimum atomic E-state index is 0.00495. The maximum Gasteiger partial charge on any atom is 0.190 e. The summed E-state index contributed by atoms with van der Waals surface area (Å²) in [6.45, 7) is 1.84. The molecule has 19 heavy (non-hydrogen) atoms. The molecule has 1 aromatic carbocycles. The number of benzene rings is 1. The second kappa shape index (κ2) is 6.04. The normalized spacial score (nSPS) is 10.4. The van der Waals surface area contributed by atoms with Gasteiger partial charge in [-0.05, 0) is 31.2 Å². The molecule has 2 rings (SSSR count). The highest BCUT2D eigenvalue weighted by Gasteiger charge is 2.08. The molecule has 0 aliphatic carbocycles. The number of halogens is 1. The van der Waals surface area contributed by atoms with E-state index >= 15 is 0 Å². The van der Waals surface area contributed by atoms with Crippen molar-refractivity contribution in [1.29, 1.82) is 0 Å². The molecule has 4 nitrogen and oxygen atoms in total. The van der Waals surface area contributed by atoms with Crippen LogP contribution in [0.1, 0.15) is 16.1 Å². The maximum atomic E-state index is 11.9. The van der Waals surface area contributed by atoms with Crippen molar-refractivity contribution < 1.29 is 4.79 Å². The Balaban J connectivity index is 2.02. The number of anilines is 1. The lowest BCUT2D eigenvalue weighted by Crippen LogP contribution is -2.04. The smallest absolute Gasteiger partial charge is 0.190 e. The molecule has 2 aromatic rings. The molecule has 0 aliphatic rings. The van der Waals surface area contributed by atoms with Gasteiger partial charge in [-0.1, -0.05) is 23.4 Å². The van der Waals surface area contributed by atoms with Crippen LogP contribution in [0.15, 0.2) is 35.5 Å². The zero-order chi connectivity index (χ0) is 13.8. The van der Waals surface area contributed by atoms with E-state index in [1.807, 2.05) is 6.92 Å². The van der Waals surface area contributed by atoms with Crippen molar-refractivity contribution in [2.45, 2.75) is 12.1 Å². The third kappa shape index (κ3) is 3.94. The summed E-state index contributed by atoms with van der Waals surface area (Å²) >= 11 is 7.04. The van der Waals surface area contributed by atoms with Crippen LogP contribution in [0.3, 0.4) is 0 Å². The second-order valence-electron chi connectivity index (χ2n) is 3.94. The zero-order valence-corrected chi connectivity index (χ0v) is 11.8. The second-order valence-corrected chi connectivity index (χ2v) is 5.31. The van der Waals surface area contributed by atoms with Crippen LogP contribution in [0.4, 0.5) is 5.82 Å². The van der Waals surface area contributed by atoms with Gasteiger partial charge in [-0.15, -0.1) is 0 Å². The van der Waals surface area contributed by atoms with Gasteiger partial charge in [0.1, 0.15) is 5.82 Å². The van der Waals surface area contributed by atoms with Crippen molar-refractivity contribution in [3.63, 3.8) is 0 Å². The lowest BCUT2D eigenvalue weighted by atomic mass is 10.1. The average Bonchev–Trinajstić information content (AvgIpc) is 2.36. The molecule has 0 spiro atoms. The van der Waals surface area contributed by atoms with E-state index in [9.17, 15) is 4.79 Å². The molecule has 98 valence electrons. The fourth-order valence-electron chi connectivity index (χ4n) is 1.48. The summed E-state index contributed by atoms with van der Waals surface area (Å²) in [5, 5.41) is 1.12. The molecular formula is C13H12ClN3OS. The van der Waals surface area contributed by atoms with Gasteiger partial charge >= 0.3 is 0 Å². The van der Waals surface area contributed by atoms with Gasteiger partial charge in [0.25, 0.3) is 0 Å². The third-order valence-corrected chi connectivity index (χ3v) is 3.45. The van der Waals surface area contributed by atoms with Crippen LogP contribution in [0.5, 0.6) is 0 Å². The first-order chi connectivity index (χ1) is 9.04. The molecule has 0 bridgehead atoms. The predicted octanol–water partition coefficient (Wildman–Crippen LogP) is 3.00. The van der Waals surface area contributed by atoms with E-state index in [1.165, 1.54) is 11.8 Å². The van der Waals surface area contributed by atoms with Gasteiger partial charge < -0.3 is 5.73 Å². The molecule has 1 aromatic heterocycles. The molecule has 0 saturated heterocycles. The topological polar surface area (TPSA) is 68.9 Å². The van der Waals surface area contributed by atoms with E-state index in [-0.39, 0.29) is 11.5 Å². The summed E-state index contributed by atoms with van der Waals surface area (Å²) in [5.41, 5.74) is 7.04. The van der Waals surface area contributed by atoms with Gasteiger partial charge in [-0.3, -0.25) is 4.79 Å². The summed E-state index contributed by atoms with van der Waals surface area (Å²) < 4.78 is 0. The van der Waals surface area contributed by atoms with Crippen molar-refractivity contribution in [2.24, 2.45) is 0 Å². The number of hydrogen-bond acceptors (Lipinski definition) is 5. The highest BCUT2D eigenvalue weighted by molar-refractivity contribution is 7.99. The van der Waals surface area contributed by atoms with Crippen LogP contribution in [0, 0.1) is 6.92 Å². The minimum absolute atomic E-state index is 0.00495. The SMILES string of the molecule is Cc1cc(N)nc(SCC(=O)c2ccc(Cl)cc2)n1. The predicted molar refractivity (Wildman–Crippen MR) is 77.7 cm³/mol. The molecule has 0 unspecified atom stereocenters. The van der Waals surface area contributed by atoms with Gasteiger partial charge in [0.2, 0.25) is 0 Å². The van der Waals surface area contributed by atoms with Crippen LogP contribution in [-0.2, 0) is 0 Å². The third-order valence-electron chi connectivity index (χ3n) is 2.35. The largest absolute Gasteiger partial charge is 0.384 e. The Morgan fingerprint density at radius 1 is 1.32 bits per heavy atom. The van der Waals surface area contributed by atoms with Gasteiger partial charge in [0.05, 0.1) is 5.75 Å². The van der Waals surface area contributed by atoms with Gasteiger partial charge in [0.15, 0.2) is 10.9 Å². The minimum Gasteiger partial charge on any atom is -0.384 e. The van der Waals surface area contributed by atoms with Crippen LogP contribution in [0.25, 0.3) is 0 Å². The van der Waals surface area contributed by atoms with E-state index in [2.05, 4.69) is 9.97 Å². The molecule has 0 amide bonds. The molecule has 1 heterocycles. The summed E-state index contributed by atoms with van der Waals surface area (Å²) in [6, 6.07) is 8.49. The Morgan fingerprint density at radius 3 is 2.63 bits per heavy atom. The number of aromatic nitrogens is 2. The number of carbonyl (C=O) groups is 1. The van der Waals surface area contributed by atoms with Crippen LogP contribution in [-0.4, -0.2) is 21.5 Å². The molecule has 0 saturated carbocycles. The Kier molecular flexibility index (Phi) is 4.39. The summed E-state index contributed by atoms with van der Waals surface area (Å²) in [7, 11) is 0. The Labute approximate surface area is 120 Å². The number of rotatable bonds is 4. The number of nitrogens with two attached hydrogens (primary N) is 1. The number of carbonyl (C=O) groups excluding carboxylic acids is 1. The number of aryl methyl sites for hydroxylation is 1. The van der Waals surface area contributed by atoms with Crippen molar-refractivity contribution in [3.8, 4) is 0 Å². The molecule has 0 aliphatic heterocycles. The molecule has 0 radical (unpaired) electrons. The first-order valence-corrected chi connectivity index (χ1v) is 6.93. The first kappa shape index (κ1) is 13.8. The van der Waals surface area contributed by atoms with Crippen LogP contribution < -0.4 is 5.73 Å². The standard InChI is InChI=1S/C13H12ClN3OS/c1-8-6-12(15)17-13(16-8)19-7-11(18)9-2-4-10(14)5-3-9/h2-6H,7H2,1H3,(H2,15,16,17). The van der Waals surface area contributed by atoms with Gasteiger partial charge in [-0.2, -0.15) is 0 Å². The van der Waals surface area contributed by atoms with E-state index < -0.39 is 0 Å². The van der Waals surface area contributed by atoms with E-state index in [4.69, 9.17) is 17.3 Å². The maximum absolute atomic E-state index is 11.9. The quantitative estimate of drug-likeness (QED) is 0.533. The van der Waals surface area contributed by atoms with Crippen LogP contribution >= 0.6 is 23.4 Å². The lowest BCUT2D eigenvalue weighted by Gasteiger charge is -2.03. The van der Waals surface area contributed by atoms with Crippen molar-refractivity contribution >= 4 is 35.0 Å². The number of Topliss-reactive ketones (excluding diaryl/α,β-unsaturated/α-hetero) is 1. The van der Waals surface area contributed by atoms with E-state index in [0.29, 0.717) is 21.6 Å². The Morgan fingerprint density at radius 2 is 2.00 bits per heavy atom. The Hall–Kier alpha value is -1.59. The highest BCUT2D eigenvalue weighted by atomic mass is 35.5. The highest BCUT2D eigenvalue weighted by Crippen LogP contribution is 2.18. The molecular weight excluding hydrogens is 282 g/mol. The summed E-state index contributed by atoms with van der Waals surface area (Å²) in [4.78, 5) is 20.2. The Bertz CT molecular complexity index is 581. The zero-order valence-electron chi connectivity index (χ0n) is 10.3. The van der Waals surface area contributed by atoms with Crippen molar-refractivity contribution in [1.82, 2.24) is 9.97 Å². The fourth-order valence-corrected chi connectivity index (χ4v) is 2.41. The number of ketones is 1. The lowest BCUT2D eigenvalue weighted by molar-refractivity contribution is 0.102. The van der Waals surface area contributed by atoms with E-state index in [1.54, 1.807) is 30.3 Å². The van der Waals surface area contributed by atoms with Gasteiger partial charge in [-0.25, -0.2) is 9.97 Å². The molecule has 0 fully saturated rings. The molecule has 6 heteroatoms. The number of nitrogen functional groups attached to an aromatic ring is 1. The van der Waals surface area contributed by atoms with Crippen molar-refractivity contribution in [2.75, 3.05) is 11.5 Å². The molecule has 0 atom stereocenters. The van der Waals surface area contributed by atoms with Crippen molar-refractivity contribution in [3.05, 3.63) is 46.6 Å². The first-order valence-electron chi connectivity index (χ1n) is 5.57. The van der Waals surface area contributed by atoms with Crippen LogP contribution in [0.2, 0.25) is 5.02 Å². The fraction of sp³-hybridized carbons (Fsp3) is 0.154. The number of hydrogen-bond donors (Lipinski definition) is 1. The number of nitrogens with zero attached hydrogens (tertiary/aromatic N) is 2. The summed E-state index contributed by atoms with van der Waals surface area (Å²) in [6.07, 6.45) is 0. The molecule has 2 N–H and O–H groups in total. The monoisotopic (exact) mass is 293 g/mol.